The Balaban J connectivity index is 2.06. The van der Waals surface area contributed by atoms with E-state index in [2.05, 4.69) is 79.9 Å². The Labute approximate surface area is 569 Å². The van der Waals surface area contributed by atoms with Crippen molar-refractivity contribution < 1.29 is 39.8 Å². The summed E-state index contributed by atoms with van der Waals surface area (Å²) >= 11 is 0. The highest BCUT2D eigenvalue weighted by atomic mass is 16.7. The standard InChI is InChI=1S/C83H153NO8/c1-3-5-7-9-11-13-15-17-19-21-23-25-27-29-31-33-35-36-37-38-39-40-41-42-43-45-47-49-51-53-55-57-59-61-63-65-67-69-71-73-79(87)84-76(75-91-83-82(90)81(89)80(88)78(74-85)92-83)77(86)72-70-68-66-64-62-60-58-56-54-52-50-48-46-44-34-32-30-28-26-24-22-20-18-16-14-12-10-8-6-4-2/h5,7,11,13,17,19,23,25,62,64,70,72,76-78,80-83,85-86,88-90H,3-4,6,8-10,12,14-16,18,20-22,24,26-61,63,65-69,71,73-75H2,1-2H3,(H,84,87)/b7-5-,13-11-,19-17-,25-23-,64-62+,72-70+. The number of hydrogen-bond donors (Lipinski definition) is 6. The van der Waals surface area contributed by atoms with Crippen molar-refractivity contribution in [3.8, 4) is 0 Å². The summed E-state index contributed by atoms with van der Waals surface area (Å²) < 4.78 is 11.3. The first-order valence-electron chi connectivity index (χ1n) is 40.2. The second kappa shape index (κ2) is 71.4. The van der Waals surface area contributed by atoms with E-state index in [0.29, 0.717) is 6.42 Å². The Hall–Kier alpha value is -2.37. The maximum absolute atomic E-state index is 13.2. The lowest BCUT2D eigenvalue weighted by Gasteiger charge is -2.40. The number of carbonyl (C=O) groups is 1. The van der Waals surface area contributed by atoms with Gasteiger partial charge in [0, 0.05) is 6.42 Å². The summed E-state index contributed by atoms with van der Waals surface area (Å²) in [6, 6.07) is -0.824. The molecule has 7 unspecified atom stereocenters. The van der Waals surface area contributed by atoms with E-state index in [4.69, 9.17) is 9.47 Å². The molecule has 1 aliphatic rings. The van der Waals surface area contributed by atoms with E-state index >= 15 is 0 Å². The summed E-state index contributed by atoms with van der Waals surface area (Å²) in [5.74, 6) is -0.179. The van der Waals surface area contributed by atoms with E-state index in [1.165, 1.54) is 308 Å². The van der Waals surface area contributed by atoms with Gasteiger partial charge in [-0.2, -0.15) is 0 Å². The Bertz CT molecular complexity index is 1690. The summed E-state index contributed by atoms with van der Waals surface area (Å²) in [4.78, 5) is 13.2. The van der Waals surface area contributed by atoms with E-state index in [9.17, 15) is 30.3 Å². The third-order valence-electron chi connectivity index (χ3n) is 19.0. The van der Waals surface area contributed by atoms with Crippen LogP contribution in [0.5, 0.6) is 0 Å². The first-order valence-corrected chi connectivity index (χ1v) is 40.2. The molecule has 0 spiro atoms. The molecule has 0 bridgehead atoms. The molecule has 1 aliphatic heterocycles. The van der Waals surface area contributed by atoms with Crippen LogP contribution in [0.25, 0.3) is 0 Å². The number of unbranched alkanes of at least 4 members (excludes halogenated alkanes) is 51. The van der Waals surface area contributed by atoms with Crippen LogP contribution >= 0.6 is 0 Å². The minimum Gasteiger partial charge on any atom is -0.394 e. The zero-order chi connectivity index (χ0) is 66.4. The number of aliphatic hydroxyl groups excluding tert-OH is 5. The van der Waals surface area contributed by atoms with Crippen LogP contribution in [-0.2, 0) is 14.3 Å². The maximum atomic E-state index is 13.2. The van der Waals surface area contributed by atoms with Crippen LogP contribution in [0, 0.1) is 0 Å². The number of carbonyl (C=O) groups excluding carboxylic acids is 1. The Morgan fingerprint density at radius 1 is 0.380 bits per heavy atom. The molecular weight excluding hydrogens is 1140 g/mol. The largest absolute Gasteiger partial charge is 0.394 e. The summed E-state index contributed by atoms with van der Waals surface area (Å²) in [6.45, 7) is 3.71. The number of nitrogens with one attached hydrogen (secondary N) is 1. The molecule has 0 aromatic carbocycles. The van der Waals surface area contributed by atoms with Crippen LogP contribution in [0.4, 0.5) is 0 Å². The van der Waals surface area contributed by atoms with Gasteiger partial charge in [0.15, 0.2) is 6.29 Å². The van der Waals surface area contributed by atoms with Gasteiger partial charge in [0.05, 0.1) is 25.4 Å². The summed E-state index contributed by atoms with van der Waals surface area (Å²) in [5.41, 5.74) is 0. The van der Waals surface area contributed by atoms with E-state index in [1.807, 2.05) is 6.08 Å². The van der Waals surface area contributed by atoms with Gasteiger partial charge in [-0.25, -0.2) is 0 Å². The molecule has 0 aliphatic carbocycles. The first kappa shape index (κ1) is 87.6. The van der Waals surface area contributed by atoms with E-state index < -0.39 is 49.5 Å². The molecule has 0 aromatic rings. The highest BCUT2D eigenvalue weighted by Crippen LogP contribution is 2.24. The van der Waals surface area contributed by atoms with Crippen LogP contribution in [0.1, 0.15) is 393 Å². The average Bonchev–Trinajstić information content (AvgIpc) is 1.45. The number of aliphatic hydroxyl groups is 5. The molecule has 9 heteroatoms. The van der Waals surface area contributed by atoms with E-state index in [-0.39, 0.29) is 12.5 Å². The molecule has 0 saturated carbocycles. The smallest absolute Gasteiger partial charge is 0.220 e. The SMILES string of the molecule is CC/C=C\C/C=C\C/C=C\C/C=C\CCCCCCCCCCCCCCCCCCCCCCCCCCCCC(=O)NC(COC1OC(CO)C(O)C(O)C1O)C(O)/C=C/CC/C=C/CCCCCCCCCCCCCCCCCCCCCCCCCC. The molecular formula is C83H153NO8. The topological polar surface area (TPSA) is 149 Å². The zero-order valence-corrected chi connectivity index (χ0v) is 60.6. The van der Waals surface area contributed by atoms with Crippen molar-refractivity contribution in [1.29, 1.82) is 0 Å². The fourth-order valence-corrected chi connectivity index (χ4v) is 12.8. The number of rotatable bonds is 71. The predicted molar refractivity (Wildman–Crippen MR) is 396 cm³/mol. The summed E-state index contributed by atoms with van der Waals surface area (Å²) in [5, 5.41) is 54.9. The lowest BCUT2D eigenvalue weighted by atomic mass is 9.99. The van der Waals surface area contributed by atoms with Crippen molar-refractivity contribution in [2.75, 3.05) is 13.2 Å². The van der Waals surface area contributed by atoms with Gasteiger partial charge < -0.3 is 40.3 Å². The zero-order valence-electron chi connectivity index (χ0n) is 60.6. The lowest BCUT2D eigenvalue weighted by molar-refractivity contribution is -0.302. The second-order valence-electron chi connectivity index (χ2n) is 27.8. The van der Waals surface area contributed by atoms with Crippen molar-refractivity contribution in [3.63, 3.8) is 0 Å². The molecule has 92 heavy (non-hydrogen) atoms. The van der Waals surface area contributed by atoms with Crippen molar-refractivity contribution in [3.05, 3.63) is 72.9 Å². The molecule has 0 radical (unpaired) electrons. The molecule has 1 amide bonds. The molecule has 7 atom stereocenters. The van der Waals surface area contributed by atoms with Gasteiger partial charge in [0.1, 0.15) is 24.4 Å². The normalized spacial score (nSPS) is 18.0. The molecule has 0 aromatic heterocycles. The number of hydrogen-bond acceptors (Lipinski definition) is 8. The van der Waals surface area contributed by atoms with Gasteiger partial charge >= 0.3 is 0 Å². The summed E-state index contributed by atoms with van der Waals surface area (Å²) in [7, 11) is 0. The van der Waals surface area contributed by atoms with Crippen LogP contribution in [0.15, 0.2) is 72.9 Å². The van der Waals surface area contributed by atoms with Gasteiger partial charge in [0.25, 0.3) is 0 Å². The van der Waals surface area contributed by atoms with Gasteiger partial charge in [-0.05, 0) is 70.6 Å². The molecule has 1 saturated heterocycles. The molecule has 9 nitrogen and oxygen atoms in total. The van der Waals surface area contributed by atoms with Crippen molar-refractivity contribution in [2.24, 2.45) is 0 Å². The number of ether oxygens (including phenoxy) is 2. The van der Waals surface area contributed by atoms with Crippen LogP contribution in [-0.4, -0.2) is 87.5 Å². The first-order chi connectivity index (χ1) is 45.3. The minimum absolute atomic E-state index is 0.179. The van der Waals surface area contributed by atoms with E-state index in [1.54, 1.807) is 6.08 Å². The van der Waals surface area contributed by atoms with Crippen molar-refractivity contribution >= 4 is 5.91 Å². The molecule has 1 heterocycles. The van der Waals surface area contributed by atoms with Crippen LogP contribution in [0.3, 0.4) is 0 Å². The van der Waals surface area contributed by atoms with Gasteiger partial charge in [-0.15, -0.1) is 0 Å². The third kappa shape index (κ3) is 58.9. The van der Waals surface area contributed by atoms with Gasteiger partial charge in [-0.1, -0.05) is 389 Å². The van der Waals surface area contributed by atoms with E-state index in [0.717, 1.165) is 64.2 Å². The van der Waals surface area contributed by atoms with Gasteiger partial charge in [0.2, 0.25) is 5.91 Å². The lowest BCUT2D eigenvalue weighted by Crippen LogP contribution is -2.60. The van der Waals surface area contributed by atoms with Crippen LogP contribution < -0.4 is 5.32 Å². The monoisotopic (exact) mass is 1290 g/mol. The number of allylic oxidation sites excluding steroid dienone is 11. The Kier molecular flexibility index (Phi) is 68.0. The highest BCUT2D eigenvalue weighted by Gasteiger charge is 2.44. The predicted octanol–water partition coefficient (Wildman–Crippen LogP) is 23.0. The summed E-state index contributed by atoms with van der Waals surface area (Å²) in [6.07, 6.45) is 94.9. The average molecular weight is 1290 g/mol. The Morgan fingerprint density at radius 2 is 0.685 bits per heavy atom. The Morgan fingerprint density at radius 3 is 1.04 bits per heavy atom. The second-order valence-corrected chi connectivity index (χ2v) is 27.8. The van der Waals surface area contributed by atoms with Gasteiger partial charge in [-0.3, -0.25) is 4.79 Å². The fraction of sp³-hybridized carbons (Fsp3) is 0.843. The van der Waals surface area contributed by atoms with Crippen molar-refractivity contribution in [2.45, 2.75) is 436 Å². The molecule has 1 rings (SSSR count). The molecule has 1 fully saturated rings. The highest BCUT2D eigenvalue weighted by molar-refractivity contribution is 5.76. The quantitative estimate of drug-likeness (QED) is 0.0261. The maximum Gasteiger partial charge on any atom is 0.220 e. The third-order valence-corrected chi connectivity index (χ3v) is 19.0. The minimum atomic E-state index is -1.57. The molecule has 538 valence electrons. The molecule has 6 N–H and O–H groups in total. The van der Waals surface area contributed by atoms with Crippen molar-refractivity contribution in [1.82, 2.24) is 5.32 Å². The number of amides is 1. The fourth-order valence-electron chi connectivity index (χ4n) is 12.8. The van der Waals surface area contributed by atoms with Crippen LogP contribution in [0.2, 0.25) is 0 Å².